The molecule has 4 heteroatoms. The monoisotopic (exact) mass is 266 g/mol. The number of hydrogen-bond acceptors (Lipinski definition) is 4. The summed E-state index contributed by atoms with van der Waals surface area (Å²) in [4.78, 5) is 2.25. The molecular weight excluding hydrogens is 248 g/mol. The summed E-state index contributed by atoms with van der Waals surface area (Å²) in [5, 5.41) is 12.2. The van der Waals surface area contributed by atoms with Gasteiger partial charge in [0.1, 0.15) is 0 Å². The summed E-state index contributed by atoms with van der Waals surface area (Å²) in [5.74, 6) is 0.949. The van der Waals surface area contributed by atoms with E-state index in [4.69, 9.17) is 0 Å². The van der Waals surface area contributed by atoms with Crippen molar-refractivity contribution in [3.05, 3.63) is 47.7 Å². The number of rotatable bonds is 4. The molecule has 1 aliphatic heterocycles. The highest BCUT2D eigenvalue weighted by atomic mass is 15.3. The molecule has 0 unspecified atom stereocenters. The summed E-state index contributed by atoms with van der Waals surface area (Å²) >= 11 is 0. The molecule has 1 N–H and O–H groups in total. The number of nitrogens with one attached hydrogen (secondary N) is 1. The minimum absolute atomic E-state index is 0.710. The standard InChI is InChI=1S/C16H18N4/c1-2-4-15-12(3-1)9-10-20(15)16-8-7-14(18-19-16)11-17-13-5-6-13/h1-4,7-8,13,17H,5-6,9-11H2. The molecule has 2 aromatic rings. The van der Waals surface area contributed by atoms with Crippen LogP contribution in [0, 0.1) is 0 Å². The fourth-order valence-corrected chi connectivity index (χ4v) is 2.70. The van der Waals surface area contributed by atoms with Crippen LogP contribution < -0.4 is 10.2 Å². The second-order valence-electron chi connectivity index (χ2n) is 5.57. The number of nitrogens with zero attached hydrogens (tertiary/aromatic N) is 3. The van der Waals surface area contributed by atoms with Crippen LogP contribution in [0.3, 0.4) is 0 Å². The van der Waals surface area contributed by atoms with Gasteiger partial charge in [-0.05, 0) is 43.0 Å². The van der Waals surface area contributed by atoms with Crippen molar-refractivity contribution in [2.75, 3.05) is 11.4 Å². The average molecular weight is 266 g/mol. The Morgan fingerprint density at radius 3 is 2.80 bits per heavy atom. The van der Waals surface area contributed by atoms with Gasteiger partial charge >= 0.3 is 0 Å². The topological polar surface area (TPSA) is 41.0 Å². The molecule has 0 radical (unpaired) electrons. The van der Waals surface area contributed by atoms with Crippen molar-refractivity contribution in [3.8, 4) is 0 Å². The lowest BCUT2D eigenvalue weighted by Gasteiger charge is -2.17. The Bertz CT molecular complexity index is 604. The van der Waals surface area contributed by atoms with Crippen LogP contribution in [-0.4, -0.2) is 22.8 Å². The van der Waals surface area contributed by atoms with E-state index in [2.05, 4.69) is 56.8 Å². The number of fused-ring (bicyclic) bond motifs is 1. The summed E-state index contributed by atoms with van der Waals surface area (Å²) < 4.78 is 0. The number of aromatic nitrogens is 2. The normalized spacial score (nSPS) is 17.3. The molecular formula is C16H18N4. The van der Waals surface area contributed by atoms with Crippen molar-refractivity contribution in [1.29, 1.82) is 0 Å². The number of para-hydroxylation sites is 1. The maximum atomic E-state index is 4.39. The van der Waals surface area contributed by atoms with Gasteiger partial charge in [0.15, 0.2) is 5.82 Å². The van der Waals surface area contributed by atoms with Crippen LogP contribution in [0.5, 0.6) is 0 Å². The first-order valence-electron chi connectivity index (χ1n) is 7.31. The Balaban J connectivity index is 1.51. The molecule has 4 rings (SSSR count). The number of hydrogen-bond donors (Lipinski definition) is 1. The highest BCUT2D eigenvalue weighted by molar-refractivity contribution is 5.67. The van der Waals surface area contributed by atoms with Crippen molar-refractivity contribution >= 4 is 11.5 Å². The zero-order valence-electron chi connectivity index (χ0n) is 11.4. The van der Waals surface area contributed by atoms with Crippen LogP contribution in [0.15, 0.2) is 36.4 Å². The van der Waals surface area contributed by atoms with Crippen molar-refractivity contribution in [2.24, 2.45) is 0 Å². The van der Waals surface area contributed by atoms with Gasteiger partial charge in [-0.1, -0.05) is 18.2 Å². The van der Waals surface area contributed by atoms with E-state index in [1.54, 1.807) is 0 Å². The molecule has 0 bridgehead atoms. The minimum atomic E-state index is 0.710. The molecule has 2 heterocycles. The number of anilines is 2. The van der Waals surface area contributed by atoms with Gasteiger partial charge in [0.2, 0.25) is 0 Å². The van der Waals surface area contributed by atoms with Crippen LogP contribution in [0.4, 0.5) is 11.5 Å². The summed E-state index contributed by atoms with van der Waals surface area (Å²) in [6.07, 6.45) is 3.69. The summed E-state index contributed by atoms with van der Waals surface area (Å²) in [6.45, 7) is 1.82. The van der Waals surface area contributed by atoms with Crippen LogP contribution >= 0.6 is 0 Å². The Labute approximate surface area is 118 Å². The van der Waals surface area contributed by atoms with Gasteiger partial charge in [0, 0.05) is 24.8 Å². The molecule has 0 saturated heterocycles. The summed E-state index contributed by atoms with van der Waals surface area (Å²) in [5.41, 5.74) is 3.69. The van der Waals surface area contributed by atoms with E-state index in [9.17, 15) is 0 Å². The van der Waals surface area contributed by atoms with Gasteiger partial charge in [-0.15, -0.1) is 5.10 Å². The minimum Gasteiger partial charge on any atom is -0.324 e. The van der Waals surface area contributed by atoms with Crippen molar-refractivity contribution in [2.45, 2.75) is 31.8 Å². The van der Waals surface area contributed by atoms with E-state index < -0.39 is 0 Å². The third kappa shape index (κ3) is 2.27. The van der Waals surface area contributed by atoms with E-state index in [0.717, 1.165) is 31.0 Å². The molecule has 0 amide bonds. The lowest BCUT2D eigenvalue weighted by molar-refractivity contribution is 0.665. The molecule has 1 saturated carbocycles. The van der Waals surface area contributed by atoms with E-state index in [-0.39, 0.29) is 0 Å². The molecule has 102 valence electrons. The van der Waals surface area contributed by atoms with Crippen molar-refractivity contribution in [3.63, 3.8) is 0 Å². The van der Waals surface area contributed by atoms with Crippen molar-refractivity contribution in [1.82, 2.24) is 15.5 Å². The molecule has 0 spiro atoms. The molecule has 4 nitrogen and oxygen atoms in total. The van der Waals surface area contributed by atoms with E-state index >= 15 is 0 Å². The average Bonchev–Trinajstić information content (AvgIpc) is 3.23. The quantitative estimate of drug-likeness (QED) is 0.922. The molecule has 1 aromatic carbocycles. The maximum Gasteiger partial charge on any atom is 0.155 e. The highest BCUT2D eigenvalue weighted by Crippen LogP contribution is 2.32. The second-order valence-corrected chi connectivity index (χ2v) is 5.57. The lowest BCUT2D eigenvalue weighted by Crippen LogP contribution is -2.18. The summed E-state index contributed by atoms with van der Waals surface area (Å²) in [7, 11) is 0. The number of benzene rings is 1. The molecule has 1 aromatic heterocycles. The Morgan fingerprint density at radius 1 is 1.10 bits per heavy atom. The first-order chi connectivity index (χ1) is 9.90. The third-order valence-electron chi connectivity index (χ3n) is 4.02. The predicted octanol–water partition coefficient (Wildman–Crippen LogP) is 2.42. The Hall–Kier alpha value is -1.94. The fourth-order valence-electron chi connectivity index (χ4n) is 2.70. The molecule has 20 heavy (non-hydrogen) atoms. The third-order valence-corrected chi connectivity index (χ3v) is 4.02. The Kier molecular flexibility index (Phi) is 2.89. The van der Waals surface area contributed by atoms with Crippen LogP contribution in [0.2, 0.25) is 0 Å². The zero-order valence-corrected chi connectivity index (χ0v) is 11.4. The van der Waals surface area contributed by atoms with Gasteiger partial charge < -0.3 is 10.2 Å². The van der Waals surface area contributed by atoms with Crippen molar-refractivity contribution < 1.29 is 0 Å². The molecule has 1 aliphatic carbocycles. The highest BCUT2D eigenvalue weighted by Gasteiger charge is 2.22. The smallest absolute Gasteiger partial charge is 0.155 e. The first-order valence-corrected chi connectivity index (χ1v) is 7.31. The fraction of sp³-hybridized carbons (Fsp3) is 0.375. The van der Waals surface area contributed by atoms with Crippen LogP contribution in [0.1, 0.15) is 24.1 Å². The SMILES string of the molecule is c1ccc2c(c1)CCN2c1ccc(CNC2CC2)nn1. The van der Waals surface area contributed by atoms with Gasteiger partial charge in [-0.3, -0.25) is 0 Å². The van der Waals surface area contributed by atoms with E-state index in [0.29, 0.717) is 6.04 Å². The van der Waals surface area contributed by atoms with Gasteiger partial charge in [0.25, 0.3) is 0 Å². The molecule has 0 atom stereocenters. The van der Waals surface area contributed by atoms with E-state index in [1.165, 1.54) is 24.1 Å². The zero-order chi connectivity index (χ0) is 13.4. The van der Waals surface area contributed by atoms with Gasteiger partial charge in [-0.2, -0.15) is 5.10 Å². The Morgan fingerprint density at radius 2 is 2.00 bits per heavy atom. The lowest BCUT2D eigenvalue weighted by atomic mass is 10.2. The van der Waals surface area contributed by atoms with Gasteiger partial charge in [0.05, 0.1) is 5.69 Å². The van der Waals surface area contributed by atoms with Crippen LogP contribution in [0.25, 0.3) is 0 Å². The van der Waals surface area contributed by atoms with Gasteiger partial charge in [-0.25, -0.2) is 0 Å². The maximum absolute atomic E-state index is 4.39. The predicted molar refractivity (Wildman–Crippen MR) is 79.0 cm³/mol. The van der Waals surface area contributed by atoms with Crippen LogP contribution in [-0.2, 0) is 13.0 Å². The molecule has 1 fully saturated rings. The largest absolute Gasteiger partial charge is 0.324 e. The first kappa shape index (κ1) is 11.9. The van der Waals surface area contributed by atoms with E-state index in [1.807, 2.05) is 0 Å². The second kappa shape index (κ2) is 4.87. The molecule has 2 aliphatic rings. The summed E-state index contributed by atoms with van der Waals surface area (Å²) in [6, 6.07) is 13.4.